The van der Waals surface area contributed by atoms with Crippen LogP contribution in [0, 0.1) is 11.8 Å². The van der Waals surface area contributed by atoms with Gasteiger partial charge in [0, 0.05) is 38.2 Å². The zero-order valence-electron chi connectivity index (χ0n) is 19.7. The average Bonchev–Trinajstić information content (AvgIpc) is 3.30. The lowest BCUT2D eigenvalue weighted by molar-refractivity contribution is -0.137. The third-order valence-corrected chi connectivity index (χ3v) is 6.80. The lowest BCUT2D eigenvalue weighted by Crippen LogP contribution is -2.55. The average molecular weight is 458 g/mol. The van der Waals surface area contributed by atoms with Crippen molar-refractivity contribution in [1.82, 2.24) is 15.1 Å². The number of rotatable bonds is 6. The number of carbonyl (C=O) groups excluding carboxylic acids is 3. The van der Waals surface area contributed by atoms with Crippen molar-refractivity contribution in [3.63, 3.8) is 0 Å². The third-order valence-electron chi connectivity index (χ3n) is 6.80. The number of piperidine rings is 2. The summed E-state index contributed by atoms with van der Waals surface area (Å²) >= 11 is 0. The highest BCUT2D eigenvalue weighted by Gasteiger charge is 2.36. The van der Waals surface area contributed by atoms with Crippen LogP contribution in [0.15, 0.2) is 18.2 Å². The molecule has 8 nitrogen and oxygen atoms in total. The number of amides is 3. The molecule has 0 unspecified atom stereocenters. The Morgan fingerprint density at radius 2 is 1.67 bits per heavy atom. The number of ether oxygens (including phenoxy) is 2. The normalized spacial score (nSPS) is 19.5. The molecule has 1 aromatic carbocycles. The van der Waals surface area contributed by atoms with Crippen molar-refractivity contribution in [1.29, 1.82) is 0 Å². The van der Waals surface area contributed by atoms with E-state index in [0.29, 0.717) is 55.3 Å². The Morgan fingerprint density at radius 3 is 2.36 bits per heavy atom. The number of likely N-dealkylation sites (tertiary alicyclic amines) is 2. The van der Waals surface area contributed by atoms with E-state index in [1.807, 2.05) is 23.6 Å². The molecular weight excluding hydrogens is 422 g/mol. The van der Waals surface area contributed by atoms with E-state index in [1.165, 1.54) is 0 Å². The van der Waals surface area contributed by atoms with Gasteiger partial charge in [-0.25, -0.2) is 0 Å². The summed E-state index contributed by atoms with van der Waals surface area (Å²) in [7, 11) is 0. The first-order valence-corrected chi connectivity index (χ1v) is 12.2. The fourth-order valence-corrected chi connectivity index (χ4v) is 4.92. The Kier molecular flexibility index (Phi) is 7.40. The number of fused-ring (bicyclic) bond motifs is 1. The van der Waals surface area contributed by atoms with Crippen LogP contribution in [0.25, 0.3) is 0 Å². The number of nitrogens with one attached hydrogen (secondary N) is 1. The maximum absolute atomic E-state index is 13.5. The summed E-state index contributed by atoms with van der Waals surface area (Å²) in [6, 6.07) is 4.48. The Morgan fingerprint density at radius 1 is 0.970 bits per heavy atom. The molecule has 0 saturated carbocycles. The van der Waals surface area contributed by atoms with Crippen molar-refractivity contribution in [3.8, 4) is 11.5 Å². The molecule has 1 aromatic rings. The maximum Gasteiger partial charge on any atom is 0.252 e. The first-order chi connectivity index (χ1) is 15.9. The topological polar surface area (TPSA) is 88.2 Å². The number of hydrogen-bond donors (Lipinski definition) is 1. The van der Waals surface area contributed by atoms with Crippen LogP contribution < -0.4 is 14.8 Å². The number of hydrogen-bond acceptors (Lipinski definition) is 5. The second-order valence-corrected chi connectivity index (χ2v) is 9.72. The molecule has 3 heterocycles. The molecule has 0 radical (unpaired) electrons. The first-order valence-electron chi connectivity index (χ1n) is 12.2. The van der Waals surface area contributed by atoms with Gasteiger partial charge in [-0.2, -0.15) is 0 Å². The lowest BCUT2D eigenvalue weighted by Gasteiger charge is -2.38. The number of carbonyl (C=O) groups is 3. The number of nitrogens with zero attached hydrogens (tertiary/aromatic N) is 2. The van der Waals surface area contributed by atoms with Crippen LogP contribution in [0.5, 0.6) is 11.5 Å². The van der Waals surface area contributed by atoms with Crippen LogP contribution in [-0.4, -0.2) is 66.5 Å². The molecule has 1 atom stereocenters. The van der Waals surface area contributed by atoms with E-state index in [-0.39, 0.29) is 30.4 Å². The maximum atomic E-state index is 13.5. The van der Waals surface area contributed by atoms with Gasteiger partial charge in [0.1, 0.15) is 6.04 Å². The van der Waals surface area contributed by atoms with Gasteiger partial charge < -0.3 is 24.6 Å². The van der Waals surface area contributed by atoms with Crippen LogP contribution in [-0.2, 0) is 9.59 Å². The molecule has 3 aliphatic rings. The Hall–Kier alpha value is -2.77. The largest absolute Gasteiger partial charge is 0.454 e. The molecule has 1 N–H and O–H groups in total. The van der Waals surface area contributed by atoms with Gasteiger partial charge in [-0.05, 0) is 62.1 Å². The molecule has 3 amide bonds. The van der Waals surface area contributed by atoms with Crippen molar-refractivity contribution in [3.05, 3.63) is 23.8 Å². The van der Waals surface area contributed by atoms with E-state index in [4.69, 9.17) is 9.47 Å². The van der Waals surface area contributed by atoms with Gasteiger partial charge >= 0.3 is 0 Å². The van der Waals surface area contributed by atoms with Crippen molar-refractivity contribution in [2.75, 3.05) is 33.0 Å². The highest BCUT2D eigenvalue weighted by molar-refractivity contribution is 5.98. The summed E-state index contributed by atoms with van der Waals surface area (Å²) in [5.41, 5.74) is 0.445. The van der Waals surface area contributed by atoms with Crippen molar-refractivity contribution >= 4 is 17.7 Å². The van der Waals surface area contributed by atoms with Crippen LogP contribution in [0.3, 0.4) is 0 Å². The van der Waals surface area contributed by atoms with E-state index in [1.54, 1.807) is 18.2 Å². The standard InChI is InChI=1S/C25H35N3O5/c1-17(2)14-22(29)27-12-8-18(9-13-27)23(25(31)28-10-4-3-5-11-28)26-24(30)19-6-7-20-21(15-19)33-16-32-20/h6-7,15,17-18,23H,3-5,8-14,16H2,1-2H3,(H,26,30)/t23-/m1/s1. The first kappa shape index (κ1) is 23.4. The van der Waals surface area contributed by atoms with Crippen LogP contribution >= 0.6 is 0 Å². The Balaban J connectivity index is 1.46. The molecule has 180 valence electrons. The monoisotopic (exact) mass is 457 g/mol. The summed E-state index contributed by atoms with van der Waals surface area (Å²) in [6.07, 6.45) is 5.08. The molecule has 8 heteroatoms. The second kappa shape index (κ2) is 10.4. The van der Waals surface area contributed by atoms with Gasteiger partial charge in [-0.15, -0.1) is 0 Å². The van der Waals surface area contributed by atoms with E-state index >= 15 is 0 Å². The Labute approximate surface area is 195 Å². The van der Waals surface area contributed by atoms with E-state index in [2.05, 4.69) is 5.32 Å². The fraction of sp³-hybridized carbons (Fsp3) is 0.640. The van der Waals surface area contributed by atoms with Gasteiger partial charge in [-0.3, -0.25) is 14.4 Å². The predicted octanol–water partition coefficient (Wildman–Crippen LogP) is 2.81. The van der Waals surface area contributed by atoms with Crippen LogP contribution in [0.1, 0.15) is 62.7 Å². The smallest absolute Gasteiger partial charge is 0.252 e. The van der Waals surface area contributed by atoms with Gasteiger partial charge in [-0.1, -0.05) is 13.8 Å². The predicted molar refractivity (Wildman–Crippen MR) is 123 cm³/mol. The quantitative estimate of drug-likeness (QED) is 0.710. The SMILES string of the molecule is CC(C)CC(=O)N1CCC([C@@H](NC(=O)c2ccc3c(c2)OCO3)C(=O)N2CCCCC2)CC1. The molecule has 2 fully saturated rings. The zero-order valence-corrected chi connectivity index (χ0v) is 19.7. The highest BCUT2D eigenvalue weighted by atomic mass is 16.7. The summed E-state index contributed by atoms with van der Waals surface area (Å²) in [5, 5.41) is 3.04. The molecule has 0 spiro atoms. The number of benzene rings is 1. The summed E-state index contributed by atoms with van der Waals surface area (Å²) in [5.74, 6) is 1.36. The second-order valence-electron chi connectivity index (χ2n) is 9.72. The summed E-state index contributed by atoms with van der Waals surface area (Å²) in [6.45, 7) is 6.96. The summed E-state index contributed by atoms with van der Waals surface area (Å²) < 4.78 is 10.7. The Bertz CT molecular complexity index is 873. The minimum Gasteiger partial charge on any atom is -0.454 e. The van der Waals surface area contributed by atoms with E-state index in [0.717, 1.165) is 32.4 Å². The molecule has 0 bridgehead atoms. The van der Waals surface area contributed by atoms with Crippen molar-refractivity contribution < 1.29 is 23.9 Å². The van der Waals surface area contributed by atoms with Crippen LogP contribution in [0.4, 0.5) is 0 Å². The van der Waals surface area contributed by atoms with Gasteiger partial charge in [0.25, 0.3) is 5.91 Å². The van der Waals surface area contributed by atoms with E-state index in [9.17, 15) is 14.4 Å². The van der Waals surface area contributed by atoms with E-state index < -0.39 is 6.04 Å². The molecule has 0 aromatic heterocycles. The molecule has 3 aliphatic heterocycles. The minimum atomic E-state index is -0.594. The van der Waals surface area contributed by atoms with Crippen LogP contribution in [0.2, 0.25) is 0 Å². The highest BCUT2D eigenvalue weighted by Crippen LogP contribution is 2.32. The van der Waals surface area contributed by atoms with Crippen molar-refractivity contribution in [2.24, 2.45) is 11.8 Å². The molecule has 33 heavy (non-hydrogen) atoms. The molecular formula is C25H35N3O5. The molecule has 4 rings (SSSR count). The fourth-order valence-electron chi connectivity index (χ4n) is 4.92. The minimum absolute atomic E-state index is 0.000451. The van der Waals surface area contributed by atoms with Gasteiger partial charge in [0.2, 0.25) is 18.6 Å². The van der Waals surface area contributed by atoms with Crippen molar-refractivity contribution in [2.45, 2.75) is 58.4 Å². The molecule has 2 saturated heterocycles. The third kappa shape index (κ3) is 5.60. The zero-order chi connectivity index (χ0) is 23.4. The lowest BCUT2D eigenvalue weighted by atomic mass is 9.87. The van der Waals surface area contributed by atoms with Gasteiger partial charge in [0.05, 0.1) is 0 Å². The summed E-state index contributed by atoms with van der Waals surface area (Å²) in [4.78, 5) is 42.9. The molecule has 0 aliphatic carbocycles. The van der Waals surface area contributed by atoms with Gasteiger partial charge in [0.15, 0.2) is 11.5 Å².